The van der Waals surface area contributed by atoms with Crippen LogP contribution >= 0.6 is 11.6 Å². The number of alkyl halides is 2. The predicted molar refractivity (Wildman–Crippen MR) is 78.5 cm³/mol. The van der Waals surface area contributed by atoms with Crippen molar-refractivity contribution < 1.29 is 13.5 Å². The summed E-state index contributed by atoms with van der Waals surface area (Å²) < 4.78 is 30.7. The van der Waals surface area contributed by atoms with E-state index in [-0.39, 0.29) is 12.6 Å². The van der Waals surface area contributed by atoms with Crippen molar-refractivity contribution in [1.82, 2.24) is 15.2 Å². The summed E-state index contributed by atoms with van der Waals surface area (Å²) in [5, 5.41) is 5.10. The molecule has 0 aliphatic heterocycles. The first-order valence-corrected chi connectivity index (χ1v) is 7.47. The van der Waals surface area contributed by atoms with Crippen molar-refractivity contribution in [2.24, 2.45) is 5.84 Å². The molecule has 0 bridgehead atoms. The molecule has 122 valence electrons. The van der Waals surface area contributed by atoms with Gasteiger partial charge in [0.2, 0.25) is 0 Å². The maximum Gasteiger partial charge on any atom is 0.261 e. The van der Waals surface area contributed by atoms with Crippen molar-refractivity contribution >= 4 is 11.6 Å². The van der Waals surface area contributed by atoms with Gasteiger partial charge >= 0.3 is 0 Å². The minimum absolute atomic E-state index is 0.105. The second-order valence-electron chi connectivity index (χ2n) is 4.70. The molecule has 0 aliphatic carbocycles. The number of halogens is 3. The Hall–Kier alpha value is -0.760. The topological polar surface area (TPSA) is 65.1 Å². The molecule has 8 heteroatoms. The van der Waals surface area contributed by atoms with Gasteiger partial charge in [-0.05, 0) is 19.8 Å². The van der Waals surface area contributed by atoms with Crippen LogP contribution in [0.4, 0.5) is 8.78 Å². The highest BCUT2D eigenvalue weighted by Gasteiger charge is 2.18. The van der Waals surface area contributed by atoms with Crippen LogP contribution in [0.1, 0.15) is 31.7 Å². The quantitative estimate of drug-likeness (QED) is 0.393. The molecule has 1 unspecified atom stereocenters. The average Bonchev–Trinajstić information content (AvgIpc) is 2.77. The number of nitrogens with zero attached hydrogens (tertiary/aromatic N) is 2. The summed E-state index contributed by atoms with van der Waals surface area (Å²) in [5.74, 6) is 5.52. The Morgan fingerprint density at radius 1 is 1.43 bits per heavy atom. The minimum atomic E-state index is -2.45. The van der Waals surface area contributed by atoms with Crippen LogP contribution in [0.5, 0.6) is 0 Å². The summed E-state index contributed by atoms with van der Waals surface area (Å²) in [6.45, 7) is 4.37. The highest BCUT2D eigenvalue weighted by molar-refractivity contribution is 6.31. The van der Waals surface area contributed by atoms with Crippen molar-refractivity contribution in [3.8, 4) is 0 Å². The van der Waals surface area contributed by atoms with Gasteiger partial charge in [0.15, 0.2) is 0 Å². The van der Waals surface area contributed by atoms with Crippen LogP contribution < -0.4 is 11.3 Å². The van der Waals surface area contributed by atoms with Crippen molar-refractivity contribution in [2.75, 3.05) is 13.2 Å². The zero-order valence-corrected chi connectivity index (χ0v) is 13.2. The molecule has 1 aromatic heterocycles. The van der Waals surface area contributed by atoms with Crippen LogP contribution in [0.3, 0.4) is 0 Å². The fourth-order valence-corrected chi connectivity index (χ4v) is 2.43. The lowest BCUT2D eigenvalue weighted by molar-refractivity contribution is 0.0144. The first-order valence-electron chi connectivity index (χ1n) is 7.09. The number of hydrogen-bond donors (Lipinski definition) is 2. The van der Waals surface area contributed by atoms with E-state index in [4.69, 9.17) is 22.2 Å². The molecule has 0 saturated heterocycles. The molecular formula is C13H23ClF2N4O. The van der Waals surface area contributed by atoms with E-state index in [0.717, 1.165) is 17.8 Å². The summed E-state index contributed by atoms with van der Waals surface area (Å²) in [4.78, 5) is 0. The number of aromatic nitrogens is 2. The Balaban J connectivity index is 2.62. The molecule has 5 nitrogen and oxygen atoms in total. The largest absolute Gasteiger partial charge is 0.375 e. The lowest BCUT2D eigenvalue weighted by atomic mass is 10.1. The second-order valence-corrected chi connectivity index (χ2v) is 5.08. The van der Waals surface area contributed by atoms with Crippen LogP contribution in [0, 0.1) is 0 Å². The third-order valence-corrected chi connectivity index (χ3v) is 3.66. The molecule has 0 aliphatic rings. The molecule has 1 atom stereocenters. The minimum Gasteiger partial charge on any atom is -0.375 e. The number of hydrazine groups is 1. The molecule has 0 amide bonds. The Kier molecular flexibility index (Phi) is 8.10. The summed E-state index contributed by atoms with van der Waals surface area (Å²) in [7, 11) is 0. The lowest BCUT2D eigenvalue weighted by Gasteiger charge is -2.16. The summed E-state index contributed by atoms with van der Waals surface area (Å²) in [6.07, 6.45) is -0.585. The van der Waals surface area contributed by atoms with Gasteiger partial charge in [-0.3, -0.25) is 16.0 Å². The number of aryl methyl sites for hydroxylation is 2. The highest BCUT2D eigenvalue weighted by Crippen LogP contribution is 2.23. The Bertz CT molecular complexity index is 429. The standard InChI is InChI=1S/C13H23ClF2N4O/c1-3-10-13(14)11(20(4-2)19-10)7-9(18-17)5-6-21-8-12(15)16/h9,12,18H,3-8,17H2,1-2H3. The molecule has 21 heavy (non-hydrogen) atoms. The summed E-state index contributed by atoms with van der Waals surface area (Å²) >= 11 is 6.33. The fraction of sp³-hybridized carbons (Fsp3) is 0.769. The van der Waals surface area contributed by atoms with E-state index >= 15 is 0 Å². The van der Waals surface area contributed by atoms with E-state index in [2.05, 4.69) is 10.5 Å². The van der Waals surface area contributed by atoms with Crippen LogP contribution in [0.2, 0.25) is 5.02 Å². The van der Waals surface area contributed by atoms with Crippen molar-refractivity contribution in [3.63, 3.8) is 0 Å². The predicted octanol–water partition coefficient (Wildman–Crippen LogP) is 2.17. The SMILES string of the molecule is CCc1nn(CC)c(CC(CCOCC(F)F)NN)c1Cl. The summed E-state index contributed by atoms with van der Waals surface area (Å²) in [5.41, 5.74) is 4.45. The molecule has 0 radical (unpaired) electrons. The maximum absolute atomic E-state index is 12.0. The van der Waals surface area contributed by atoms with Gasteiger partial charge in [-0.25, -0.2) is 8.78 Å². The molecule has 1 rings (SSSR count). The number of nitrogens with two attached hydrogens (primary N) is 1. The van der Waals surface area contributed by atoms with E-state index in [1.54, 1.807) is 0 Å². The van der Waals surface area contributed by atoms with Gasteiger partial charge in [-0.1, -0.05) is 18.5 Å². The fourth-order valence-electron chi connectivity index (χ4n) is 2.09. The maximum atomic E-state index is 12.0. The molecule has 1 heterocycles. The van der Waals surface area contributed by atoms with Gasteiger partial charge in [0.05, 0.1) is 16.4 Å². The summed E-state index contributed by atoms with van der Waals surface area (Å²) in [6, 6.07) is -0.105. The van der Waals surface area contributed by atoms with Gasteiger partial charge in [-0.2, -0.15) is 5.10 Å². The third-order valence-electron chi connectivity index (χ3n) is 3.22. The number of nitrogens with one attached hydrogen (secondary N) is 1. The second kappa shape index (κ2) is 9.30. The van der Waals surface area contributed by atoms with Crippen LogP contribution in [-0.2, 0) is 24.1 Å². The monoisotopic (exact) mass is 324 g/mol. The van der Waals surface area contributed by atoms with Crippen molar-refractivity contribution in [2.45, 2.75) is 52.1 Å². The molecule has 0 aromatic carbocycles. The first-order chi connectivity index (χ1) is 10.0. The van der Waals surface area contributed by atoms with Crippen LogP contribution in [0.15, 0.2) is 0 Å². The van der Waals surface area contributed by atoms with Crippen LogP contribution in [-0.4, -0.2) is 35.5 Å². The molecule has 3 N–H and O–H groups in total. The zero-order valence-electron chi connectivity index (χ0n) is 12.4. The number of ether oxygens (including phenoxy) is 1. The Labute approximate surface area is 128 Å². The molecule has 0 saturated carbocycles. The van der Waals surface area contributed by atoms with Gasteiger partial charge in [0.1, 0.15) is 6.61 Å². The van der Waals surface area contributed by atoms with Crippen molar-refractivity contribution in [3.05, 3.63) is 16.4 Å². The van der Waals surface area contributed by atoms with E-state index in [1.807, 2.05) is 18.5 Å². The molecule has 0 fully saturated rings. The molecule has 0 spiro atoms. The Morgan fingerprint density at radius 3 is 2.67 bits per heavy atom. The van der Waals surface area contributed by atoms with Crippen LogP contribution in [0.25, 0.3) is 0 Å². The smallest absolute Gasteiger partial charge is 0.261 e. The third kappa shape index (κ3) is 5.50. The van der Waals surface area contributed by atoms with Gasteiger partial charge < -0.3 is 4.74 Å². The van der Waals surface area contributed by atoms with E-state index in [0.29, 0.717) is 24.4 Å². The highest BCUT2D eigenvalue weighted by atomic mass is 35.5. The Morgan fingerprint density at radius 2 is 2.14 bits per heavy atom. The average molecular weight is 325 g/mol. The van der Waals surface area contributed by atoms with E-state index in [9.17, 15) is 8.78 Å². The number of hydrogen-bond acceptors (Lipinski definition) is 4. The molecule has 1 aromatic rings. The first kappa shape index (κ1) is 18.3. The van der Waals surface area contributed by atoms with E-state index in [1.165, 1.54) is 0 Å². The molecular weight excluding hydrogens is 302 g/mol. The normalized spacial score (nSPS) is 13.1. The van der Waals surface area contributed by atoms with Gasteiger partial charge in [-0.15, -0.1) is 0 Å². The van der Waals surface area contributed by atoms with E-state index < -0.39 is 13.0 Å². The van der Waals surface area contributed by atoms with Gasteiger partial charge in [0, 0.05) is 25.6 Å². The number of rotatable bonds is 10. The van der Waals surface area contributed by atoms with Crippen molar-refractivity contribution in [1.29, 1.82) is 0 Å². The van der Waals surface area contributed by atoms with Gasteiger partial charge in [0.25, 0.3) is 6.43 Å². The lowest BCUT2D eigenvalue weighted by Crippen LogP contribution is -2.38. The zero-order chi connectivity index (χ0) is 15.8.